The first-order chi connectivity index (χ1) is 8.74. The molecular formula is C13H12BrN3S. The zero-order valence-corrected chi connectivity index (χ0v) is 12.1. The third kappa shape index (κ3) is 2.52. The molecule has 2 heterocycles. The topological polar surface area (TPSA) is 41.6 Å². The van der Waals surface area contributed by atoms with E-state index in [9.17, 15) is 0 Å². The summed E-state index contributed by atoms with van der Waals surface area (Å²) in [7, 11) is 0. The molecule has 2 aromatic heterocycles. The van der Waals surface area contributed by atoms with Gasteiger partial charge in [-0.05, 0) is 40.9 Å². The van der Waals surface area contributed by atoms with Gasteiger partial charge in [0.05, 0.1) is 4.47 Å². The van der Waals surface area contributed by atoms with Gasteiger partial charge in [-0.3, -0.25) is 4.98 Å². The molecule has 2 aromatic rings. The van der Waals surface area contributed by atoms with Gasteiger partial charge in [0.25, 0.3) is 0 Å². The maximum atomic E-state index is 5.29. The Hall–Kier alpha value is -1.07. The second-order valence-electron chi connectivity index (χ2n) is 4.49. The van der Waals surface area contributed by atoms with Crippen LogP contribution in [-0.2, 0) is 6.42 Å². The van der Waals surface area contributed by atoms with Crippen LogP contribution in [0.15, 0.2) is 28.9 Å². The number of nitrogens with one attached hydrogen (secondary N) is 1. The molecule has 3 rings (SSSR count). The van der Waals surface area contributed by atoms with E-state index in [0.717, 1.165) is 16.0 Å². The summed E-state index contributed by atoms with van der Waals surface area (Å²) in [5, 5.41) is 0. The van der Waals surface area contributed by atoms with Gasteiger partial charge in [-0.15, -0.1) is 0 Å². The SMILES string of the molecule is S=c1nc(Cc2ccccn2)[nH]c(C2CC2)c1Br. The quantitative estimate of drug-likeness (QED) is 0.875. The van der Waals surface area contributed by atoms with Crippen molar-refractivity contribution in [1.82, 2.24) is 15.0 Å². The average Bonchev–Trinajstić information content (AvgIpc) is 3.19. The molecule has 92 valence electrons. The maximum Gasteiger partial charge on any atom is 0.144 e. The Morgan fingerprint density at radius 2 is 2.22 bits per heavy atom. The van der Waals surface area contributed by atoms with Crippen LogP contribution in [0.4, 0.5) is 0 Å². The van der Waals surface area contributed by atoms with Gasteiger partial charge in [0.15, 0.2) is 0 Å². The molecule has 0 unspecified atom stereocenters. The van der Waals surface area contributed by atoms with Crippen molar-refractivity contribution in [3.8, 4) is 0 Å². The van der Waals surface area contributed by atoms with E-state index in [2.05, 4.69) is 30.9 Å². The standard InChI is InChI=1S/C13H12BrN3S/c14-11-12(8-4-5-8)16-10(17-13(11)18)7-9-3-1-2-6-15-9/h1-3,6,8H,4-5,7H2,(H,16,17,18). The van der Waals surface area contributed by atoms with Gasteiger partial charge >= 0.3 is 0 Å². The summed E-state index contributed by atoms with van der Waals surface area (Å²) >= 11 is 8.82. The number of hydrogen-bond acceptors (Lipinski definition) is 3. The number of nitrogens with zero attached hydrogens (tertiary/aromatic N) is 2. The largest absolute Gasteiger partial charge is 0.346 e. The van der Waals surface area contributed by atoms with Crippen molar-refractivity contribution in [3.63, 3.8) is 0 Å². The van der Waals surface area contributed by atoms with Crippen molar-refractivity contribution in [2.45, 2.75) is 25.2 Å². The van der Waals surface area contributed by atoms with Crippen LogP contribution in [-0.4, -0.2) is 15.0 Å². The van der Waals surface area contributed by atoms with Gasteiger partial charge in [-0.2, -0.15) is 0 Å². The van der Waals surface area contributed by atoms with Crippen LogP contribution >= 0.6 is 28.1 Å². The number of rotatable bonds is 3. The maximum absolute atomic E-state index is 5.29. The van der Waals surface area contributed by atoms with Crippen LogP contribution in [0.25, 0.3) is 0 Å². The Labute approximate surface area is 119 Å². The number of pyridine rings is 1. The van der Waals surface area contributed by atoms with Crippen molar-refractivity contribution in [2.24, 2.45) is 0 Å². The Morgan fingerprint density at radius 3 is 2.89 bits per heavy atom. The molecule has 1 saturated carbocycles. The van der Waals surface area contributed by atoms with Crippen LogP contribution in [0, 0.1) is 4.64 Å². The molecule has 0 saturated heterocycles. The zero-order chi connectivity index (χ0) is 12.5. The highest BCUT2D eigenvalue weighted by molar-refractivity contribution is 9.10. The third-order valence-electron chi connectivity index (χ3n) is 3.00. The van der Waals surface area contributed by atoms with E-state index in [-0.39, 0.29) is 0 Å². The Balaban J connectivity index is 1.95. The number of aromatic nitrogens is 3. The summed E-state index contributed by atoms with van der Waals surface area (Å²) in [6, 6.07) is 5.89. The fourth-order valence-corrected chi connectivity index (χ4v) is 2.67. The highest BCUT2D eigenvalue weighted by atomic mass is 79.9. The number of aromatic amines is 1. The van der Waals surface area contributed by atoms with E-state index in [1.54, 1.807) is 6.20 Å². The molecule has 1 aliphatic carbocycles. The molecule has 0 aliphatic heterocycles. The minimum atomic E-state index is 0.617. The summed E-state index contributed by atoms with van der Waals surface area (Å²) in [6.07, 6.45) is 4.95. The molecule has 0 radical (unpaired) electrons. The van der Waals surface area contributed by atoms with Crippen LogP contribution < -0.4 is 0 Å². The van der Waals surface area contributed by atoms with Crippen LogP contribution in [0.1, 0.15) is 36.0 Å². The molecule has 0 amide bonds. The van der Waals surface area contributed by atoms with Gasteiger partial charge in [-0.1, -0.05) is 18.3 Å². The zero-order valence-electron chi connectivity index (χ0n) is 9.69. The van der Waals surface area contributed by atoms with E-state index < -0.39 is 0 Å². The van der Waals surface area contributed by atoms with Gasteiger partial charge in [0, 0.05) is 29.9 Å². The van der Waals surface area contributed by atoms with E-state index in [4.69, 9.17) is 12.2 Å². The molecule has 0 bridgehead atoms. The lowest BCUT2D eigenvalue weighted by molar-refractivity contribution is 0.869. The molecule has 0 atom stereocenters. The molecule has 5 heteroatoms. The molecule has 1 fully saturated rings. The van der Waals surface area contributed by atoms with E-state index >= 15 is 0 Å². The normalized spacial score (nSPS) is 14.7. The van der Waals surface area contributed by atoms with Crippen molar-refractivity contribution in [2.75, 3.05) is 0 Å². The van der Waals surface area contributed by atoms with E-state index in [1.165, 1.54) is 18.5 Å². The number of H-pyrrole nitrogens is 1. The first-order valence-electron chi connectivity index (χ1n) is 5.92. The van der Waals surface area contributed by atoms with Gasteiger partial charge in [0.1, 0.15) is 10.5 Å². The predicted molar refractivity (Wildman–Crippen MR) is 76.1 cm³/mol. The fraction of sp³-hybridized carbons (Fsp3) is 0.308. The third-order valence-corrected chi connectivity index (χ3v) is 4.36. The highest BCUT2D eigenvalue weighted by Crippen LogP contribution is 2.42. The lowest BCUT2D eigenvalue weighted by Crippen LogP contribution is -2.02. The molecule has 18 heavy (non-hydrogen) atoms. The van der Waals surface area contributed by atoms with E-state index in [1.807, 2.05) is 18.2 Å². The lowest BCUT2D eigenvalue weighted by atomic mass is 10.2. The van der Waals surface area contributed by atoms with Crippen LogP contribution in [0.2, 0.25) is 0 Å². The monoisotopic (exact) mass is 321 g/mol. The van der Waals surface area contributed by atoms with Gasteiger partial charge in [0.2, 0.25) is 0 Å². The Bertz CT molecular complexity index is 620. The Kier molecular flexibility index (Phi) is 3.26. The van der Waals surface area contributed by atoms with Crippen molar-refractivity contribution in [3.05, 3.63) is 50.7 Å². The second kappa shape index (κ2) is 4.90. The minimum Gasteiger partial charge on any atom is -0.346 e. The molecule has 1 N–H and O–H groups in total. The molecule has 0 spiro atoms. The first kappa shape index (κ1) is 12.0. The molecular weight excluding hydrogens is 310 g/mol. The first-order valence-corrected chi connectivity index (χ1v) is 7.12. The van der Waals surface area contributed by atoms with Crippen LogP contribution in [0.5, 0.6) is 0 Å². The molecule has 0 aromatic carbocycles. The van der Waals surface area contributed by atoms with Crippen molar-refractivity contribution in [1.29, 1.82) is 0 Å². The summed E-state index contributed by atoms with van der Waals surface area (Å²) in [5.41, 5.74) is 2.20. The highest BCUT2D eigenvalue weighted by Gasteiger charge is 2.27. The summed E-state index contributed by atoms with van der Waals surface area (Å²) in [4.78, 5) is 12.1. The van der Waals surface area contributed by atoms with Crippen LogP contribution in [0.3, 0.4) is 0 Å². The van der Waals surface area contributed by atoms with Gasteiger partial charge < -0.3 is 4.98 Å². The molecule has 3 nitrogen and oxygen atoms in total. The van der Waals surface area contributed by atoms with E-state index in [0.29, 0.717) is 17.0 Å². The predicted octanol–water partition coefficient (Wildman–Crippen LogP) is 3.76. The smallest absolute Gasteiger partial charge is 0.144 e. The number of hydrogen-bond donors (Lipinski definition) is 1. The average molecular weight is 322 g/mol. The minimum absolute atomic E-state index is 0.617. The second-order valence-corrected chi connectivity index (χ2v) is 5.67. The van der Waals surface area contributed by atoms with Gasteiger partial charge in [-0.25, -0.2) is 4.98 Å². The molecule has 1 aliphatic rings. The fourth-order valence-electron chi connectivity index (χ4n) is 1.94. The summed E-state index contributed by atoms with van der Waals surface area (Å²) in [5.74, 6) is 1.51. The Morgan fingerprint density at radius 1 is 1.39 bits per heavy atom. The summed E-state index contributed by atoms with van der Waals surface area (Å²) < 4.78 is 1.59. The van der Waals surface area contributed by atoms with Crippen molar-refractivity contribution < 1.29 is 0 Å². The number of halogens is 1. The summed E-state index contributed by atoms with van der Waals surface area (Å²) in [6.45, 7) is 0. The van der Waals surface area contributed by atoms with Crippen molar-refractivity contribution >= 4 is 28.1 Å². The lowest BCUT2D eigenvalue weighted by Gasteiger charge is -2.07.